The molecule has 0 aromatic heterocycles. The van der Waals surface area contributed by atoms with Crippen LogP contribution in [0.5, 0.6) is 0 Å². The predicted octanol–water partition coefficient (Wildman–Crippen LogP) is 2.17. The molecule has 0 heterocycles. The first-order valence-corrected chi connectivity index (χ1v) is 5.89. The molecule has 84 valence electrons. The molecule has 0 amide bonds. The lowest BCUT2D eigenvalue weighted by atomic mass is 9.89. The van der Waals surface area contributed by atoms with Crippen LogP contribution in [0.3, 0.4) is 0 Å². The summed E-state index contributed by atoms with van der Waals surface area (Å²) in [6, 6.07) is 0.716. The quantitative estimate of drug-likeness (QED) is 0.711. The second kappa shape index (κ2) is 5.13. The van der Waals surface area contributed by atoms with Crippen LogP contribution in [0.15, 0.2) is 0 Å². The maximum Gasteiger partial charge on any atom is 0.0436 e. The predicted molar refractivity (Wildman–Crippen MR) is 60.3 cm³/mol. The summed E-state index contributed by atoms with van der Waals surface area (Å²) in [7, 11) is 0. The highest BCUT2D eigenvalue weighted by Crippen LogP contribution is 2.26. The van der Waals surface area contributed by atoms with Gasteiger partial charge in [-0.05, 0) is 30.6 Å². The van der Waals surface area contributed by atoms with Gasteiger partial charge >= 0.3 is 0 Å². The molecule has 2 N–H and O–H groups in total. The number of rotatable bonds is 5. The zero-order valence-corrected chi connectivity index (χ0v) is 9.84. The molecule has 14 heavy (non-hydrogen) atoms. The molecule has 1 aliphatic rings. The van der Waals surface area contributed by atoms with Gasteiger partial charge in [-0.2, -0.15) is 0 Å². The topological polar surface area (TPSA) is 32.3 Å². The largest absolute Gasteiger partial charge is 0.396 e. The number of aliphatic hydroxyl groups excluding tert-OH is 1. The van der Waals surface area contributed by atoms with Gasteiger partial charge in [0, 0.05) is 19.2 Å². The Labute approximate surface area is 88.1 Å². The molecular weight excluding hydrogens is 174 g/mol. The summed E-state index contributed by atoms with van der Waals surface area (Å²) in [4.78, 5) is 0. The smallest absolute Gasteiger partial charge is 0.0436 e. The van der Waals surface area contributed by atoms with E-state index in [2.05, 4.69) is 26.1 Å². The van der Waals surface area contributed by atoms with Crippen molar-refractivity contribution in [2.24, 2.45) is 11.3 Å². The molecule has 0 radical (unpaired) electrons. The molecule has 0 aliphatic heterocycles. The molecule has 1 aliphatic carbocycles. The molecule has 0 bridgehead atoms. The fourth-order valence-corrected chi connectivity index (χ4v) is 2.25. The normalized spacial score (nSPS) is 28.3. The van der Waals surface area contributed by atoms with Gasteiger partial charge in [0.05, 0.1) is 0 Å². The third-order valence-electron chi connectivity index (χ3n) is 3.49. The van der Waals surface area contributed by atoms with Crippen molar-refractivity contribution in [1.29, 1.82) is 0 Å². The molecule has 1 rings (SSSR count). The van der Waals surface area contributed by atoms with E-state index in [0.29, 0.717) is 12.6 Å². The Morgan fingerprint density at radius 2 is 2.07 bits per heavy atom. The van der Waals surface area contributed by atoms with Crippen LogP contribution in [0.2, 0.25) is 0 Å². The van der Waals surface area contributed by atoms with Crippen LogP contribution in [0, 0.1) is 11.3 Å². The van der Waals surface area contributed by atoms with Gasteiger partial charge < -0.3 is 10.4 Å². The second-order valence-electron chi connectivity index (χ2n) is 5.53. The minimum absolute atomic E-state index is 0.233. The van der Waals surface area contributed by atoms with Gasteiger partial charge in [0.1, 0.15) is 0 Å². The van der Waals surface area contributed by atoms with Crippen LogP contribution >= 0.6 is 0 Å². The Balaban J connectivity index is 2.25. The van der Waals surface area contributed by atoms with E-state index in [1.54, 1.807) is 0 Å². The van der Waals surface area contributed by atoms with E-state index < -0.39 is 0 Å². The average molecular weight is 199 g/mol. The molecule has 0 spiro atoms. The molecule has 2 nitrogen and oxygen atoms in total. The van der Waals surface area contributed by atoms with E-state index in [4.69, 9.17) is 5.11 Å². The summed E-state index contributed by atoms with van der Waals surface area (Å²) in [5.74, 6) is 0.833. The van der Waals surface area contributed by atoms with Crippen molar-refractivity contribution in [3.8, 4) is 0 Å². The van der Waals surface area contributed by atoms with E-state index in [1.165, 1.54) is 19.3 Å². The van der Waals surface area contributed by atoms with Crippen molar-refractivity contribution < 1.29 is 5.11 Å². The van der Waals surface area contributed by atoms with Crippen molar-refractivity contribution in [3.05, 3.63) is 0 Å². The fourth-order valence-electron chi connectivity index (χ4n) is 2.25. The molecule has 2 atom stereocenters. The molecule has 0 saturated heterocycles. The van der Waals surface area contributed by atoms with Gasteiger partial charge in [0.25, 0.3) is 0 Å². The maximum atomic E-state index is 8.92. The standard InChI is InChI=1S/C12H25NO/c1-10-5-4-6-11(10)13-9-12(2,3)7-8-14/h10-11,13-14H,4-9H2,1-3H3. The molecular formula is C12H25NO. The van der Waals surface area contributed by atoms with E-state index >= 15 is 0 Å². The highest BCUT2D eigenvalue weighted by molar-refractivity contribution is 4.82. The average Bonchev–Trinajstić information content (AvgIpc) is 2.48. The summed E-state index contributed by atoms with van der Waals surface area (Å²) < 4.78 is 0. The summed E-state index contributed by atoms with van der Waals surface area (Å²) in [6.07, 6.45) is 4.97. The van der Waals surface area contributed by atoms with Gasteiger partial charge in [-0.15, -0.1) is 0 Å². The van der Waals surface area contributed by atoms with Gasteiger partial charge in [-0.25, -0.2) is 0 Å². The third kappa shape index (κ3) is 3.58. The van der Waals surface area contributed by atoms with Gasteiger partial charge in [0.15, 0.2) is 0 Å². The van der Waals surface area contributed by atoms with Crippen molar-refractivity contribution in [2.75, 3.05) is 13.2 Å². The van der Waals surface area contributed by atoms with Gasteiger partial charge in [-0.3, -0.25) is 0 Å². The van der Waals surface area contributed by atoms with Crippen molar-refractivity contribution in [1.82, 2.24) is 5.32 Å². The Hall–Kier alpha value is -0.0800. The molecule has 0 aromatic rings. The monoisotopic (exact) mass is 199 g/mol. The summed E-state index contributed by atoms with van der Waals surface area (Å²) in [6.45, 7) is 8.10. The molecule has 1 saturated carbocycles. The lowest BCUT2D eigenvalue weighted by molar-refractivity contribution is 0.199. The van der Waals surface area contributed by atoms with Crippen molar-refractivity contribution in [2.45, 2.75) is 52.5 Å². The lowest BCUT2D eigenvalue weighted by Crippen LogP contribution is -2.38. The van der Waals surface area contributed by atoms with Gasteiger partial charge in [0.2, 0.25) is 0 Å². The summed E-state index contributed by atoms with van der Waals surface area (Å²) in [5, 5.41) is 12.6. The molecule has 0 aromatic carbocycles. The van der Waals surface area contributed by atoms with Crippen LogP contribution in [-0.4, -0.2) is 24.3 Å². The van der Waals surface area contributed by atoms with Crippen molar-refractivity contribution >= 4 is 0 Å². The second-order valence-corrected chi connectivity index (χ2v) is 5.53. The first kappa shape index (κ1) is 12.0. The molecule has 2 heteroatoms. The zero-order valence-electron chi connectivity index (χ0n) is 9.84. The summed E-state index contributed by atoms with van der Waals surface area (Å²) >= 11 is 0. The van der Waals surface area contributed by atoms with Crippen LogP contribution in [-0.2, 0) is 0 Å². The highest BCUT2D eigenvalue weighted by Gasteiger charge is 2.25. The Morgan fingerprint density at radius 3 is 2.57 bits per heavy atom. The Bertz CT molecular complexity index is 168. The first-order chi connectivity index (χ1) is 6.55. The van der Waals surface area contributed by atoms with E-state index in [1.807, 2.05) is 0 Å². The van der Waals surface area contributed by atoms with Crippen molar-refractivity contribution in [3.63, 3.8) is 0 Å². The third-order valence-corrected chi connectivity index (χ3v) is 3.49. The SMILES string of the molecule is CC1CCCC1NCC(C)(C)CCO. The van der Waals surface area contributed by atoms with E-state index in [-0.39, 0.29) is 5.41 Å². The molecule has 1 fully saturated rings. The minimum Gasteiger partial charge on any atom is -0.396 e. The zero-order chi connectivity index (χ0) is 10.6. The van der Waals surface area contributed by atoms with Gasteiger partial charge in [-0.1, -0.05) is 27.2 Å². The highest BCUT2D eigenvalue weighted by atomic mass is 16.3. The van der Waals surface area contributed by atoms with Crippen LogP contribution < -0.4 is 5.32 Å². The Morgan fingerprint density at radius 1 is 1.36 bits per heavy atom. The Kier molecular flexibility index (Phi) is 4.39. The number of hydrogen-bond acceptors (Lipinski definition) is 2. The maximum absolute atomic E-state index is 8.92. The molecule has 2 unspecified atom stereocenters. The summed E-state index contributed by atoms with van der Waals surface area (Å²) in [5.41, 5.74) is 0.233. The van der Waals surface area contributed by atoms with Crippen LogP contribution in [0.4, 0.5) is 0 Å². The van der Waals surface area contributed by atoms with E-state index in [0.717, 1.165) is 18.9 Å². The lowest BCUT2D eigenvalue weighted by Gasteiger charge is -2.27. The van der Waals surface area contributed by atoms with Crippen LogP contribution in [0.25, 0.3) is 0 Å². The van der Waals surface area contributed by atoms with Crippen LogP contribution in [0.1, 0.15) is 46.5 Å². The number of aliphatic hydroxyl groups is 1. The minimum atomic E-state index is 0.233. The number of nitrogens with one attached hydrogen (secondary N) is 1. The number of hydrogen-bond donors (Lipinski definition) is 2. The van der Waals surface area contributed by atoms with E-state index in [9.17, 15) is 0 Å². The fraction of sp³-hybridized carbons (Fsp3) is 1.00. The first-order valence-electron chi connectivity index (χ1n) is 5.89.